The van der Waals surface area contributed by atoms with Crippen molar-refractivity contribution in [1.82, 2.24) is 10.2 Å². The van der Waals surface area contributed by atoms with Crippen molar-refractivity contribution in [2.45, 2.75) is 31.6 Å². The largest absolute Gasteiger partial charge is 0.313 e. The first-order valence-corrected chi connectivity index (χ1v) is 7.03. The Bertz CT molecular complexity index is 199. The molecule has 0 saturated carbocycles. The molecule has 3 nitrogen and oxygen atoms in total. The molecule has 1 rings (SSSR count). The minimum atomic E-state index is -0.683. The Balaban J connectivity index is 2.25. The summed E-state index contributed by atoms with van der Waals surface area (Å²) in [7, 11) is -0.683. The number of hydrogen-bond donors (Lipinski definition) is 1. The van der Waals surface area contributed by atoms with Gasteiger partial charge in [0.15, 0.2) is 0 Å². The van der Waals surface area contributed by atoms with Gasteiger partial charge in [-0.15, -0.1) is 0 Å². The second-order valence-electron chi connectivity index (χ2n) is 4.11. The molecule has 0 amide bonds. The zero-order chi connectivity index (χ0) is 10.6. The predicted molar refractivity (Wildman–Crippen MR) is 62.1 cm³/mol. The van der Waals surface area contributed by atoms with E-state index in [2.05, 4.69) is 24.1 Å². The molecule has 84 valence electrons. The van der Waals surface area contributed by atoms with Crippen LogP contribution in [0.15, 0.2) is 0 Å². The molecule has 0 radical (unpaired) electrons. The van der Waals surface area contributed by atoms with Crippen LogP contribution in [0.4, 0.5) is 0 Å². The molecule has 0 aromatic heterocycles. The van der Waals surface area contributed by atoms with Gasteiger partial charge < -0.3 is 10.2 Å². The van der Waals surface area contributed by atoms with Gasteiger partial charge in [0.2, 0.25) is 0 Å². The van der Waals surface area contributed by atoms with E-state index < -0.39 is 10.8 Å². The summed E-state index contributed by atoms with van der Waals surface area (Å²) in [5, 5.41) is 3.76. The van der Waals surface area contributed by atoms with E-state index in [9.17, 15) is 4.21 Å². The third-order valence-corrected chi connectivity index (χ3v) is 4.13. The smallest absolute Gasteiger partial charge is 0.0444 e. The van der Waals surface area contributed by atoms with Gasteiger partial charge in [-0.05, 0) is 26.4 Å². The third kappa shape index (κ3) is 3.67. The van der Waals surface area contributed by atoms with Crippen LogP contribution in [0.1, 0.15) is 20.3 Å². The minimum Gasteiger partial charge on any atom is -0.313 e. The monoisotopic (exact) mass is 218 g/mol. The van der Waals surface area contributed by atoms with E-state index in [1.165, 1.54) is 6.42 Å². The molecule has 1 heterocycles. The highest BCUT2D eigenvalue weighted by atomic mass is 32.2. The highest BCUT2D eigenvalue weighted by Crippen LogP contribution is 2.10. The molecule has 14 heavy (non-hydrogen) atoms. The summed E-state index contributed by atoms with van der Waals surface area (Å²) in [5.74, 6) is 0. The molecule has 3 atom stereocenters. The lowest BCUT2D eigenvalue weighted by atomic mass is 10.3. The zero-order valence-corrected chi connectivity index (χ0v) is 10.3. The van der Waals surface area contributed by atoms with Crippen LogP contribution in [0.5, 0.6) is 0 Å². The molecule has 0 aromatic rings. The zero-order valence-electron chi connectivity index (χ0n) is 9.45. The van der Waals surface area contributed by atoms with E-state index in [1.807, 2.05) is 0 Å². The molecule has 3 unspecified atom stereocenters. The highest BCUT2D eigenvalue weighted by molar-refractivity contribution is 7.84. The van der Waals surface area contributed by atoms with Crippen molar-refractivity contribution in [3.05, 3.63) is 0 Å². The first kappa shape index (κ1) is 12.1. The number of likely N-dealkylation sites (N-methyl/N-ethyl adjacent to an activating group) is 1. The Morgan fingerprint density at radius 1 is 1.64 bits per heavy atom. The number of hydrogen-bond acceptors (Lipinski definition) is 3. The predicted octanol–water partition coefficient (Wildman–Crippen LogP) is 0.437. The van der Waals surface area contributed by atoms with Crippen molar-refractivity contribution < 1.29 is 4.21 Å². The SMILES string of the molecule is CCNC1CCN(CC(C)S(C)=O)C1. The minimum absolute atomic E-state index is 0.301. The van der Waals surface area contributed by atoms with E-state index in [1.54, 1.807) is 6.26 Å². The Labute approximate surface area is 89.7 Å². The van der Waals surface area contributed by atoms with Crippen LogP contribution in [0.2, 0.25) is 0 Å². The van der Waals surface area contributed by atoms with Crippen molar-refractivity contribution in [3.8, 4) is 0 Å². The summed E-state index contributed by atoms with van der Waals surface area (Å²) >= 11 is 0. The van der Waals surface area contributed by atoms with Crippen LogP contribution in [-0.4, -0.2) is 52.8 Å². The summed E-state index contributed by atoms with van der Waals surface area (Å²) in [6.07, 6.45) is 3.03. The van der Waals surface area contributed by atoms with Crippen molar-refractivity contribution >= 4 is 10.8 Å². The average Bonchev–Trinajstić information content (AvgIpc) is 2.53. The summed E-state index contributed by atoms with van der Waals surface area (Å²) in [5.41, 5.74) is 0. The molecule has 1 aliphatic heterocycles. The number of nitrogens with one attached hydrogen (secondary N) is 1. The molecule has 1 fully saturated rings. The summed E-state index contributed by atoms with van der Waals surface area (Å²) in [4.78, 5) is 2.42. The van der Waals surface area contributed by atoms with Gasteiger partial charge in [-0.25, -0.2) is 0 Å². The van der Waals surface area contributed by atoms with Crippen molar-refractivity contribution in [2.24, 2.45) is 0 Å². The van der Waals surface area contributed by atoms with E-state index in [-0.39, 0.29) is 0 Å². The van der Waals surface area contributed by atoms with E-state index in [0.29, 0.717) is 11.3 Å². The van der Waals surface area contributed by atoms with Gasteiger partial charge in [0, 0.05) is 41.4 Å². The third-order valence-electron chi connectivity index (χ3n) is 2.85. The molecule has 0 spiro atoms. The van der Waals surface area contributed by atoms with Gasteiger partial charge in [0.1, 0.15) is 0 Å². The van der Waals surface area contributed by atoms with Crippen LogP contribution in [0, 0.1) is 0 Å². The molecule has 1 saturated heterocycles. The van der Waals surface area contributed by atoms with Crippen LogP contribution in [0.25, 0.3) is 0 Å². The molecule has 0 aliphatic carbocycles. The lowest BCUT2D eigenvalue weighted by molar-refractivity contribution is 0.331. The average molecular weight is 218 g/mol. The van der Waals surface area contributed by atoms with Crippen LogP contribution >= 0.6 is 0 Å². The first-order valence-electron chi connectivity index (χ1n) is 5.41. The maximum atomic E-state index is 11.2. The van der Waals surface area contributed by atoms with Crippen LogP contribution < -0.4 is 5.32 Å². The second kappa shape index (κ2) is 5.83. The van der Waals surface area contributed by atoms with Gasteiger partial charge in [-0.1, -0.05) is 6.92 Å². The van der Waals surface area contributed by atoms with Gasteiger partial charge in [-0.2, -0.15) is 0 Å². The van der Waals surface area contributed by atoms with E-state index >= 15 is 0 Å². The molecule has 4 heteroatoms. The lowest BCUT2D eigenvalue weighted by Crippen LogP contribution is -2.35. The molecule has 1 aliphatic rings. The molecule has 0 bridgehead atoms. The van der Waals surface area contributed by atoms with Crippen LogP contribution in [0.3, 0.4) is 0 Å². The van der Waals surface area contributed by atoms with E-state index in [0.717, 1.165) is 26.2 Å². The maximum absolute atomic E-state index is 11.2. The molecule has 1 N–H and O–H groups in total. The summed E-state index contributed by atoms with van der Waals surface area (Å²) in [6, 6.07) is 0.650. The van der Waals surface area contributed by atoms with Crippen molar-refractivity contribution in [3.63, 3.8) is 0 Å². The Kier molecular flexibility index (Phi) is 5.06. The number of rotatable bonds is 5. The van der Waals surface area contributed by atoms with Gasteiger partial charge >= 0.3 is 0 Å². The van der Waals surface area contributed by atoms with Gasteiger partial charge in [0.25, 0.3) is 0 Å². The quantitative estimate of drug-likeness (QED) is 0.726. The van der Waals surface area contributed by atoms with Crippen molar-refractivity contribution in [1.29, 1.82) is 0 Å². The summed E-state index contributed by atoms with van der Waals surface area (Å²) < 4.78 is 11.2. The lowest BCUT2D eigenvalue weighted by Gasteiger charge is -2.19. The fraction of sp³-hybridized carbons (Fsp3) is 1.00. The van der Waals surface area contributed by atoms with Gasteiger partial charge in [-0.3, -0.25) is 4.21 Å². The topological polar surface area (TPSA) is 32.3 Å². The van der Waals surface area contributed by atoms with Gasteiger partial charge in [0.05, 0.1) is 0 Å². The molecular formula is C10H22N2OS. The highest BCUT2D eigenvalue weighted by Gasteiger charge is 2.23. The Hall–Kier alpha value is 0.0700. The Morgan fingerprint density at radius 3 is 2.93 bits per heavy atom. The number of likely N-dealkylation sites (tertiary alicyclic amines) is 1. The Morgan fingerprint density at radius 2 is 2.36 bits per heavy atom. The normalized spacial score (nSPS) is 27.8. The summed E-state index contributed by atoms with van der Waals surface area (Å²) in [6.45, 7) is 8.51. The van der Waals surface area contributed by atoms with Crippen LogP contribution in [-0.2, 0) is 10.8 Å². The first-order chi connectivity index (χ1) is 6.63. The van der Waals surface area contributed by atoms with Crippen molar-refractivity contribution in [2.75, 3.05) is 32.4 Å². The maximum Gasteiger partial charge on any atom is 0.0444 e. The number of nitrogens with zero attached hydrogens (tertiary/aromatic N) is 1. The fourth-order valence-electron chi connectivity index (χ4n) is 1.92. The molecular weight excluding hydrogens is 196 g/mol. The second-order valence-corrected chi connectivity index (χ2v) is 5.91. The van der Waals surface area contributed by atoms with E-state index in [4.69, 9.17) is 0 Å². The fourth-order valence-corrected chi connectivity index (χ4v) is 2.34. The standard InChI is InChI=1S/C10H22N2OS/c1-4-11-10-5-6-12(8-10)7-9(2)14(3)13/h9-11H,4-8H2,1-3H3. The molecule has 0 aromatic carbocycles.